The molecule has 0 aromatic carbocycles. The second-order valence-corrected chi connectivity index (χ2v) is 6.50. The smallest absolute Gasteiger partial charge is 0.346 e. The summed E-state index contributed by atoms with van der Waals surface area (Å²) in [6.45, 7) is 0. The summed E-state index contributed by atoms with van der Waals surface area (Å²) in [5.74, 6) is 0.422. The van der Waals surface area contributed by atoms with Gasteiger partial charge < -0.3 is 10.6 Å². The Hall–Kier alpha value is -0.880. The third kappa shape index (κ3) is 1.56. The van der Waals surface area contributed by atoms with E-state index in [9.17, 15) is 4.79 Å². The standard InChI is InChI=1S/C10H10BrN3OS/c11-7-4-3-6(16-7)8-9(12)13-10(15)14(8)5-1-2-5/h3-5,8H,1-2H2,(H2,12,13,15). The predicted molar refractivity (Wildman–Crippen MR) is 66.6 cm³/mol. The van der Waals surface area contributed by atoms with Crippen LogP contribution in [0.4, 0.5) is 4.79 Å². The van der Waals surface area contributed by atoms with Crippen LogP contribution in [0.15, 0.2) is 20.9 Å². The number of carbonyl (C=O) groups excluding carboxylic acids is 1. The van der Waals surface area contributed by atoms with Crippen molar-refractivity contribution >= 4 is 39.1 Å². The molecule has 1 aliphatic heterocycles. The number of hydrogen-bond acceptors (Lipinski definition) is 3. The van der Waals surface area contributed by atoms with Gasteiger partial charge in [-0.1, -0.05) is 0 Å². The fourth-order valence-corrected chi connectivity index (χ4v) is 3.50. The highest BCUT2D eigenvalue weighted by atomic mass is 79.9. The SMILES string of the molecule is NC1=NC(=O)N(C2CC2)C1c1ccc(Br)s1. The number of carbonyl (C=O) groups is 1. The van der Waals surface area contributed by atoms with Gasteiger partial charge in [-0.15, -0.1) is 11.3 Å². The number of nitrogens with zero attached hydrogens (tertiary/aromatic N) is 2. The lowest BCUT2D eigenvalue weighted by molar-refractivity contribution is 0.204. The van der Waals surface area contributed by atoms with Crippen LogP contribution in [0.25, 0.3) is 0 Å². The molecule has 1 aromatic heterocycles. The molecule has 0 saturated heterocycles. The summed E-state index contributed by atoms with van der Waals surface area (Å²) < 4.78 is 1.05. The number of halogens is 1. The van der Waals surface area contributed by atoms with Crippen LogP contribution in [0.5, 0.6) is 0 Å². The van der Waals surface area contributed by atoms with E-state index in [-0.39, 0.29) is 12.1 Å². The first-order chi connectivity index (χ1) is 7.66. The Balaban J connectivity index is 1.97. The van der Waals surface area contributed by atoms with Crippen molar-refractivity contribution in [3.63, 3.8) is 0 Å². The molecule has 0 bridgehead atoms. The Bertz CT molecular complexity index is 480. The highest BCUT2D eigenvalue weighted by Crippen LogP contribution is 2.40. The van der Waals surface area contributed by atoms with E-state index in [2.05, 4.69) is 20.9 Å². The summed E-state index contributed by atoms with van der Waals surface area (Å²) >= 11 is 5.02. The Morgan fingerprint density at radius 1 is 1.50 bits per heavy atom. The van der Waals surface area contributed by atoms with Crippen molar-refractivity contribution in [1.29, 1.82) is 0 Å². The minimum Gasteiger partial charge on any atom is -0.385 e. The number of hydrogen-bond donors (Lipinski definition) is 1. The molecule has 0 spiro atoms. The van der Waals surface area contributed by atoms with E-state index in [1.807, 2.05) is 17.0 Å². The second-order valence-electron chi connectivity index (χ2n) is 4.00. The summed E-state index contributed by atoms with van der Waals surface area (Å²) in [6, 6.07) is 3.98. The normalized spacial score (nSPS) is 25.1. The van der Waals surface area contributed by atoms with Gasteiger partial charge in [0, 0.05) is 10.9 Å². The zero-order valence-corrected chi connectivity index (χ0v) is 10.8. The first-order valence-electron chi connectivity index (χ1n) is 5.08. The molecule has 1 saturated carbocycles. The van der Waals surface area contributed by atoms with Crippen molar-refractivity contribution in [2.75, 3.05) is 0 Å². The molecule has 6 heteroatoms. The Labute approximate surface area is 105 Å². The van der Waals surface area contributed by atoms with Gasteiger partial charge in [0.25, 0.3) is 0 Å². The van der Waals surface area contributed by atoms with Crippen molar-refractivity contribution in [3.8, 4) is 0 Å². The van der Waals surface area contributed by atoms with Crippen LogP contribution in [-0.4, -0.2) is 22.8 Å². The van der Waals surface area contributed by atoms with E-state index in [0.29, 0.717) is 11.9 Å². The number of urea groups is 1. The third-order valence-electron chi connectivity index (χ3n) is 2.81. The van der Waals surface area contributed by atoms with E-state index < -0.39 is 0 Å². The third-order valence-corrected chi connectivity index (χ3v) is 4.48. The minimum atomic E-state index is -0.186. The fraction of sp³-hybridized carbons (Fsp3) is 0.400. The van der Waals surface area contributed by atoms with E-state index in [1.54, 1.807) is 11.3 Å². The molecule has 16 heavy (non-hydrogen) atoms. The first-order valence-corrected chi connectivity index (χ1v) is 6.69. The van der Waals surface area contributed by atoms with Crippen molar-refractivity contribution in [2.24, 2.45) is 10.7 Å². The molecule has 4 nitrogen and oxygen atoms in total. The maximum atomic E-state index is 11.7. The topological polar surface area (TPSA) is 58.7 Å². The van der Waals surface area contributed by atoms with Crippen molar-refractivity contribution in [3.05, 3.63) is 20.8 Å². The lowest BCUT2D eigenvalue weighted by Gasteiger charge is -2.22. The van der Waals surface area contributed by atoms with Crippen LogP contribution in [-0.2, 0) is 0 Å². The maximum absolute atomic E-state index is 11.7. The summed E-state index contributed by atoms with van der Waals surface area (Å²) in [7, 11) is 0. The first kappa shape index (κ1) is 10.3. The summed E-state index contributed by atoms with van der Waals surface area (Å²) in [6.07, 6.45) is 2.13. The zero-order valence-electron chi connectivity index (χ0n) is 8.39. The molecule has 1 fully saturated rings. The van der Waals surface area contributed by atoms with Gasteiger partial charge >= 0.3 is 6.03 Å². The van der Waals surface area contributed by atoms with Gasteiger partial charge in [0.15, 0.2) is 0 Å². The van der Waals surface area contributed by atoms with E-state index in [0.717, 1.165) is 21.5 Å². The highest BCUT2D eigenvalue weighted by Gasteiger charge is 2.44. The zero-order chi connectivity index (χ0) is 11.3. The van der Waals surface area contributed by atoms with Crippen LogP contribution in [0, 0.1) is 0 Å². The summed E-state index contributed by atoms with van der Waals surface area (Å²) in [5.41, 5.74) is 5.85. The van der Waals surface area contributed by atoms with E-state index in [1.165, 1.54) is 0 Å². The van der Waals surface area contributed by atoms with Crippen LogP contribution in [0.1, 0.15) is 23.8 Å². The Morgan fingerprint density at radius 3 is 2.81 bits per heavy atom. The molecule has 1 aromatic rings. The maximum Gasteiger partial charge on any atom is 0.346 e. The van der Waals surface area contributed by atoms with Crippen molar-refractivity contribution < 1.29 is 4.79 Å². The van der Waals surface area contributed by atoms with Gasteiger partial charge in [0.1, 0.15) is 11.9 Å². The van der Waals surface area contributed by atoms with Crippen LogP contribution in [0.2, 0.25) is 0 Å². The second kappa shape index (κ2) is 3.56. The average molecular weight is 300 g/mol. The number of nitrogens with two attached hydrogens (primary N) is 1. The summed E-state index contributed by atoms with van der Waals surface area (Å²) in [4.78, 5) is 18.5. The molecule has 3 rings (SSSR count). The van der Waals surface area contributed by atoms with Gasteiger partial charge in [-0.3, -0.25) is 0 Å². The molecule has 84 valence electrons. The fourth-order valence-electron chi connectivity index (χ4n) is 1.96. The lowest BCUT2D eigenvalue weighted by Crippen LogP contribution is -2.34. The van der Waals surface area contributed by atoms with Gasteiger partial charge in [-0.2, -0.15) is 4.99 Å². The number of thiophene rings is 1. The lowest BCUT2D eigenvalue weighted by atomic mass is 10.2. The molecule has 1 atom stereocenters. The monoisotopic (exact) mass is 299 g/mol. The molecule has 2 N–H and O–H groups in total. The molecule has 0 radical (unpaired) electrons. The molecule has 2 heterocycles. The summed E-state index contributed by atoms with van der Waals surface area (Å²) in [5, 5.41) is 0. The molecule has 2 aliphatic rings. The van der Waals surface area contributed by atoms with E-state index >= 15 is 0 Å². The quantitative estimate of drug-likeness (QED) is 0.912. The van der Waals surface area contributed by atoms with Gasteiger partial charge in [0.05, 0.1) is 3.79 Å². The number of amides is 2. The Morgan fingerprint density at radius 2 is 2.25 bits per heavy atom. The number of amidine groups is 1. The molecule has 1 unspecified atom stereocenters. The molecular weight excluding hydrogens is 290 g/mol. The minimum absolute atomic E-state index is 0.142. The van der Waals surface area contributed by atoms with Gasteiger partial charge in [0.2, 0.25) is 0 Å². The van der Waals surface area contributed by atoms with Crippen molar-refractivity contribution in [1.82, 2.24) is 4.90 Å². The van der Waals surface area contributed by atoms with Crippen LogP contribution >= 0.6 is 27.3 Å². The molecular formula is C10H10BrN3OS. The number of rotatable bonds is 2. The molecule has 1 aliphatic carbocycles. The Kier molecular flexibility index (Phi) is 2.29. The largest absolute Gasteiger partial charge is 0.385 e. The van der Waals surface area contributed by atoms with Crippen molar-refractivity contribution in [2.45, 2.75) is 24.9 Å². The van der Waals surface area contributed by atoms with Gasteiger partial charge in [-0.25, -0.2) is 4.79 Å². The van der Waals surface area contributed by atoms with E-state index in [4.69, 9.17) is 5.73 Å². The highest BCUT2D eigenvalue weighted by molar-refractivity contribution is 9.11. The molecule has 2 amide bonds. The average Bonchev–Trinajstić information content (AvgIpc) is 2.90. The predicted octanol–water partition coefficient (Wildman–Crippen LogP) is 2.51. The van der Waals surface area contributed by atoms with Crippen LogP contribution < -0.4 is 5.73 Å². The number of aliphatic imine (C=N–C) groups is 1. The van der Waals surface area contributed by atoms with Gasteiger partial charge in [-0.05, 0) is 40.9 Å². The van der Waals surface area contributed by atoms with Crippen LogP contribution in [0.3, 0.4) is 0 Å².